The molecule has 0 saturated carbocycles. The monoisotopic (exact) mass is 288 g/mol. The van der Waals surface area contributed by atoms with Crippen LogP contribution in [0.2, 0.25) is 0 Å². The molecule has 1 aromatic carbocycles. The van der Waals surface area contributed by atoms with Crippen LogP contribution in [0.15, 0.2) is 23.1 Å². The lowest BCUT2D eigenvalue weighted by Crippen LogP contribution is -2.05. The maximum absolute atomic E-state index is 11.7. The highest BCUT2D eigenvalue weighted by atomic mass is 79.9. The molecule has 0 unspecified atom stereocenters. The first kappa shape index (κ1) is 12.6. The topological polar surface area (TPSA) is 26.3 Å². The normalized spacial score (nSPS) is 10.1. The summed E-state index contributed by atoms with van der Waals surface area (Å²) in [5.74, 6) is 0.667. The van der Waals surface area contributed by atoms with E-state index in [4.69, 9.17) is 4.74 Å². The number of ether oxygens (including phenoxy) is 1. The SMILES string of the molecule is CCOc1c(S)cccc1C(=O)CCBr. The molecule has 0 aromatic heterocycles. The van der Waals surface area contributed by atoms with Crippen molar-refractivity contribution in [2.24, 2.45) is 0 Å². The number of hydrogen-bond donors (Lipinski definition) is 1. The number of Topliss-reactive ketones (excluding diaryl/α,β-unsaturated/α-hetero) is 1. The van der Waals surface area contributed by atoms with E-state index < -0.39 is 0 Å². The van der Waals surface area contributed by atoms with Gasteiger partial charge in [-0.3, -0.25) is 4.79 Å². The van der Waals surface area contributed by atoms with Gasteiger partial charge in [0, 0.05) is 16.6 Å². The van der Waals surface area contributed by atoms with E-state index in [1.807, 2.05) is 19.1 Å². The number of ketones is 1. The Morgan fingerprint density at radius 2 is 2.27 bits per heavy atom. The van der Waals surface area contributed by atoms with Crippen molar-refractivity contribution in [2.45, 2.75) is 18.2 Å². The van der Waals surface area contributed by atoms with Gasteiger partial charge < -0.3 is 4.74 Å². The van der Waals surface area contributed by atoms with Crippen molar-refractivity contribution in [2.75, 3.05) is 11.9 Å². The summed E-state index contributed by atoms with van der Waals surface area (Å²) in [6, 6.07) is 5.40. The van der Waals surface area contributed by atoms with Gasteiger partial charge in [-0.25, -0.2) is 0 Å². The third kappa shape index (κ3) is 3.24. The van der Waals surface area contributed by atoms with Crippen molar-refractivity contribution < 1.29 is 9.53 Å². The first-order valence-electron chi connectivity index (χ1n) is 4.74. The Kier molecular flexibility index (Phi) is 5.19. The van der Waals surface area contributed by atoms with Gasteiger partial charge >= 0.3 is 0 Å². The summed E-state index contributed by atoms with van der Waals surface area (Å²) in [4.78, 5) is 12.5. The van der Waals surface area contributed by atoms with Crippen molar-refractivity contribution in [1.82, 2.24) is 0 Å². The van der Waals surface area contributed by atoms with E-state index in [0.717, 1.165) is 0 Å². The van der Waals surface area contributed by atoms with Gasteiger partial charge in [-0.2, -0.15) is 0 Å². The first-order valence-corrected chi connectivity index (χ1v) is 6.31. The van der Waals surface area contributed by atoms with E-state index in [0.29, 0.717) is 34.6 Å². The molecule has 0 bridgehead atoms. The van der Waals surface area contributed by atoms with Crippen molar-refractivity contribution in [1.29, 1.82) is 0 Å². The highest BCUT2D eigenvalue weighted by molar-refractivity contribution is 9.09. The van der Waals surface area contributed by atoms with E-state index in [2.05, 4.69) is 28.6 Å². The lowest BCUT2D eigenvalue weighted by molar-refractivity contribution is 0.0985. The summed E-state index contributed by atoms with van der Waals surface area (Å²) < 4.78 is 5.42. The molecule has 1 rings (SSSR count). The van der Waals surface area contributed by atoms with E-state index >= 15 is 0 Å². The molecule has 0 radical (unpaired) electrons. The van der Waals surface area contributed by atoms with Gasteiger partial charge in [0.15, 0.2) is 5.78 Å². The van der Waals surface area contributed by atoms with Crippen LogP contribution in [0, 0.1) is 0 Å². The molecule has 0 atom stereocenters. The molecule has 0 amide bonds. The van der Waals surface area contributed by atoms with Crippen LogP contribution in [0.4, 0.5) is 0 Å². The molecule has 2 nitrogen and oxygen atoms in total. The first-order chi connectivity index (χ1) is 7.20. The lowest BCUT2D eigenvalue weighted by atomic mass is 10.1. The second kappa shape index (κ2) is 6.18. The predicted octanol–water partition coefficient (Wildman–Crippen LogP) is 3.34. The van der Waals surface area contributed by atoms with Crippen LogP contribution in [-0.2, 0) is 0 Å². The van der Waals surface area contributed by atoms with Crippen molar-refractivity contribution in [3.8, 4) is 5.75 Å². The summed E-state index contributed by atoms with van der Waals surface area (Å²) in [6.07, 6.45) is 0.470. The number of halogens is 1. The van der Waals surface area contributed by atoms with Crippen LogP contribution in [0.5, 0.6) is 5.75 Å². The minimum absolute atomic E-state index is 0.0752. The molecule has 0 heterocycles. The van der Waals surface area contributed by atoms with Gasteiger partial charge in [0.05, 0.1) is 12.2 Å². The van der Waals surface area contributed by atoms with Crippen LogP contribution in [0.1, 0.15) is 23.7 Å². The summed E-state index contributed by atoms with van der Waals surface area (Å²) >= 11 is 7.52. The molecule has 0 aliphatic rings. The van der Waals surface area contributed by atoms with Crippen molar-refractivity contribution in [3.63, 3.8) is 0 Å². The zero-order chi connectivity index (χ0) is 11.3. The molecular formula is C11H13BrO2S. The maximum atomic E-state index is 11.7. The van der Waals surface area contributed by atoms with E-state index in [1.54, 1.807) is 6.07 Å². The largest absolute Gasteiger partial charge is 0.492 e. The highest BCUT2D eigenvalue weighted by Crippen LogP contribution is 2.28. The maximum Gasteiger partial charge on any atom is 0.167 e. The zero-order valence-electron chi connectivity index (χ0n) is 8.50. The fourth-order valence-corrected chi connectivity index (χ4v) is 1.89. The van der Waals surface area contributed by atoms with E-state index in [1.165, 1.54) is 0 Å². The molecule has 4 heteroatoms. The number of para-hydroxylation sites is 1. The van der Waals surface area contributed by atoms with Crippen LogP contribution in [0.25, 0.3) is 0 Å². The number of benzene rings is 1. The minimum Gasteiger partial charge on any atom is -0.492 e. The Bertz CT molecular complexity index is 352. The van der Waals surface area contributed by atoms with E-state index in [-0.39, 0.29) is 5.78 Å². The van der Waals surface area contributed by atoms with Crippen LogP contribution >= 0.6 is 28.6 Å². The van der Waals surface area contributed by atoms with Gasteiger partial charge in [-0.15, -0.1) is 12.6 Å². The number of thiol groups is 1. The average Bonchev–Trinajstić information content (AvgIpc) is 2.21. The number of rotatable bonds is 5. The summed E-state index contributed by atoms with van der Waals surface area (Å²) in [6.45, 7) is 2.42. The van der Waals surface area contributed by atoms with Crippen LogP contribution in [-0.4, -0.2) is 17.7 Å². The summed E-state index contributed by atoms with van der Waals surface area (Å²) in [5.41, 5.74) is 0.615. The number of carbonyl (C=O) groups is 1. The highest BCUT2D eigenvalue weighted by Gasteiger charge is 2.13. The average molecular weight is 289 g/mol. The van der Waals surface area contributed by atoms with Gasteiger partial charge in [0.1, 0.15) is 5.75 Å². The third-order valence-corrected chi connectivity index (χ3v) is 2.65. The molecule has 15 heavy (non-hydrogen) atoms. The Morgan fingerprint density at radius 1 is 1.53 bits per heavy atom. The quantitative estimate of drug-likeness (QED) is 0.511. The smallest absolute Gasteiger partial charge is 0.167 e. The van der Waals surface area contributed by atoms with E-state index in [9.17, 15) is 4.79 Å². The lowest BCUT2D eigenvalue weighted by Gasteiger charge is -2.10. The Labute approximate surface area is 104 Å². The standard InChI is InChI=1S/C11H13BrO2S/c1-2-14-11-8(9(13)6-7-12)4-3-5-10(11)15/h3-5,15H,2,6-7H2,1H3. The zero-order valence-corrected chi connectivity index (χ0v) is 11.0. The van der Waals surface area contributed by atoms with Crippen molar-refractivity contribution >= 4 is 34.3 Å². The van der Waals surface area contributed by atoms with Crippen LogP contribution < -0.4 is 4.74 Å². The van der Waals surface area contributed by atoms with Crippen molar-refractivity contribution in [3.05, 3.63) is 23.8 Å². The third-order valence-electron chi connectivity index (χ3n) is 1.90. The molecule has 0 fully saturated rings. The van der Waals surface area contributed by atoms with Gasteiger partial charge in [0.2, 0.25) is 0 Å². The van der Waals surface area contributed by atoms with Gasteiger partial charge in [-0.1, -0.05) is 22.0 Å². The number of carbonyl (C=O) groups excluding carboxylic acids is 1. The second-order valence-corrected chi connectivity index (χ2v) is 4.22. The molecule has 0 N–H and O–H groups in total. The molecule has 82 valence electrons. The second-order valence-electron chi connectivity index (χ2n) is 2.95. The molecular weight excluding hydrogens is 276 g/mol. The molecule has 0 saturated heterocycles. The summed E-state index contributed by atoms with van der Waals surface area (Å²) in [7, 11) is 0. The van der Waals surface area contributed by atoms with Crippen LogP contribution in [0.3, 0.4) is 0 Å². The minimum atomic E-state index is 0.0752. The summed E-state index contributed by atoms with van der Waals surface area (Å²) in [5, 5.41) is 0.661. The molecule has 0 aliphatic carbocycles. The van der Waals surface area contributed by atoms with Gasteiger partial charge in [0.25, 0.3) is 0 Å². The molecule has 0 spiro atoms. The number of hydrogen-bond acceptors (Lipinski definition) is 3. The Morgan fingerprint density at radius 3 is 2.87 bits per heavy atom. The predicted molar refractivity (Wildman–Crippen MR) is 67.6 cm³/mol. The molecule has 1 aromatic rings. The molecule has 0 aliphatic heterocycles. The fourth-order valence-electron chi connectivity index (χ4n) is 1.26. The fraction of sp³-hybridized carbons (Fsp3) is 0.364. The number of alkyl halides is 1. The van der Waals surface area contributed by atoms with Gasteiger partial charge in [-0.05, 0) is 19.1 Å². The Balaban J connectivity index is 3.04. The Hall–Kier alpha value is -0.480.